The molecule has 2 heterocycles. The van der Waals surface area contributed by atoms with Crippen molar-refractivity contribution >= 4 is 10.9 Å². The predicted octanol–water partition coefficient (Wildman–Crippen LogP) is 2.71. The quantitative estimate of drug-likeness (QED) is 0.744. The summed E-state index contributed by atoms with van der Waals surface area (Å²) >= 11 is 0. The molecule has 0 amide bonds. The van der Waals surface area contributed by atoms with E-state index in [2.05, 4.69) is 9.97 Å². The van der Waals surface area contributed by atoms with Crippen molar-refractivity contribution in [3.63, 3.8) is 0 Å². The van der Waals surface area contributed by atoms with Gasteiger partial charge in [0.1, 0.15) is 6.10 Å². The van der Waals surface area contributed by atoms with Gasteiger partial charge in [0.2, 0.25) is 0 Å². The fourth-order valence-electron chi connectivity index (χ4n) is 2.07. The summed E-state index contributed by atoms with van der Waals surface area (Å²) in [5, 5.41) is 11.4. The molecule has 0 spiro atoms. The second-order valence-electron chi connectivity index (χ2n) is 4.11. The first-order valence-corrected chi connectivity index (χ1v) is 5.78. The number of nitrogens with zero attached hydrogens (tertiary/aromatic N) is 2. The number of hydrogen-bond donors (Lipinski definition) is 1. The maximum absolute atomic E-state index is 10.4. The van der Waals surface area contributed by atoms with Gasteiger partial charge in [-0.1, -0.05) is 24.3 Å². The van der Waals surface area contributed by atoms with Crippen LogP contribution >= 0.6 is 0 Å². The van der Waals surface area contributed by atoms with E-state index < -0.39 is 6.10 Å². The molecule has 1 aromatic carbocycles. The molecule has 0 bridgehead atoms. The summed E-state index contributed by atoms with van der Waals surface area (Å²) in [5.74, 6) is 0. The van der Waals surface area contributed by atoms with E-state index in [1.165, 1.54) is 0 Å². The van der Waals surface area contributed by atoms with E-state index in [1.54, 1.807) is 18.6 Å². The van der Waals surface area contributed by atoms with Gasteiger partial charge in [-0.2, -0.15) is 0 Å². The van der Waals surface area contributed by atoms with Crippen LogP contribution in [0.15, 0.2) is 61.1 Å². The topological polar surface area (TPSA) is 46.0 Å². The highest BCUT2D eigenvalue weighted by Crippen LogP contribution is 2.27. The Labute approximate surface area is 105 Å². The molecule has 1 atom stereocenters. The molecule has 0 fully saturated rings. The fourth-order valence-corrected chi connectivity index (χ4v) is 2.07. The van der Waals surface area contributed by atoms with Crippen LogP contribution in [0.3, 0.4) is 0 Å². The third kappa shape index (κ3) is 1.85. The molecule has 3 heteroatoms. The zero-order valence-corrected chi connectivity index (χ0v) is 9.69. The van der Waals surface area contributed by atoms with Crippen LogP contribution in [0, 0.1) is 0 Å². The molecule has 3 rings (SSSR count). The van der Waals surface area contributed by atoms with Crippen LogP contribution in [-0.2, 0) is 0 Å². The van der Waals surface area contributed by atoms with Gasteiger partial charge in [0.25, 0.3) is 0 Å². The summed E-state index contributed by atoms with van der Waals surface area (Å²) < 4.78 is 0. The highest BCUT2D eigenvalue weighted by atomic mass is 16.3. The molecule has 0 saturated carbocycles. The molecular formula is C15H12N2O. The van der Waals surface area contributed by atoms with Crippen molar-refractivity contribution in [2.45, 2.75) is 6.10 Å². The number of pyridine rings is 2. The summed E-state index contributed by atoms with van der Waals surface area (Å²) in [7, 11) is 0. The first-order valence-electron chi connectivity index (χ1n) is 5.78. The molecule has 0 aliphatic carbocycles. The predicted molar refractivity (Wildman–Crippen MR) is 70.0 cm³/mol. The first-order chi connectivity index (χ1) is 8.86. The number of para-hydroxylation sites is 1. The van der Waals surface area contributed by atoms with E-state index in [-0.39, 0.29) is 0 Å². The van der Waals surface area contributed by atoms with Gasteiger partial charge in [0, 0.05) is 29.5 Å². The number of aromatic nitrogens is 2. The Kier molecular flexibility index (Phi) is 2.74. The Morgan fingerprint density at radius 2 is 1.83 bits per heavy atom. The van der Waals surface area contributed by atoms with Crippen molar-refractivity contribution in [1.82, 2.24) is 9.97 Å². The molecule has 0 radical (unpaired) electrons. The largest absolute Gasteiger partial charge is 0.384 e. The average Bonchev–Trinajstić information content (AvgIpc) is 2.47. The van der Waals surface area contributed by atoms with Crippen molar-refractivity contribution in [3.8, 4) is 0 Å². The van der Waals surface area contributed by atoms with Gasteiger partial charge in [0.15, 0.2) is 0 Å². The number of hydrogen-bond acceptors (Lipinski definition) is 3. The zero-order valence-electron chi connectivity index (χ0n) is 9.69. The zero-order chi connectivity index (χ0) is 12.4. The Morgan fingerprint density at radius 3 is 2.67 bits per heavy atom. The molecule has 0 aliphatic heterocycles. The van der Waals surface area contributed by atoms with E-state index >= 15 is 0 Å². The highest BCUT2D eigenvalue weighted by Gasteiger charge is 2.13. The van der Waals surface area contributed by atoms with Crippen LogP contribution in [0.2, 0.25) is 0 Å². The smallest absolute Gasteiger partial charge is 0.106 e. The minimum absolute atomic E-state index is 0.674. The van der Waals surface area contributed by atoms with Gasteiger partial charge in [-0.25, -0.2) is 0 Å². The molecule has 0 aliphatic rings. The monoisotopic (exact) mass is 236 g/mol. The Hall–Kier alpha value is -2.26. The van der Waals surface area contributed by atoms with Crippen LogP contribution in [-0.4, -0.2) is 15.1 Å². The number of benzene rings is 1. The normalized spacial score (nSPS) is 12.5. The first kappa shape index (κ1) is 10.9. The SMILES string of the molecule is OC(c1cccnc1)c1ccnc2ccccc12. The van der Waals surface area contributed by atoms with Crippen molar-refractivity contribution < 1.29 is 5.11 Å². The van der Waals surface area contributed by atoms with E-state index in [0.717, 1.165) is 22.0 Å². The third-order valence-corrected chi connectivity index (χ3v) is 2.98. The van der Waals surface area contributed by atoms with Crippen molar-refractivity contribution in [2.24, 2.45) is 0 Å². The molecule has 88 valence electrons. The Balaban J connectivity index is 2.15. The van der Waals surface area contributed by atoms with Crippen LogP contribution in [0.4, 0.5) is 0 Å². The molecule has 18 heavy (non-hydrogen) atoms. The van der Waals surface area contributed by atoms with Gasteiger partial charge in [0.05, 0.1) is 5.52 Å². The Bertz CT molecular complexity index is 662. The molecule has 0 saturated heterocycles. The molecule has 2 aromatic heterocycles. The highest BCUT2D eigenvalue weighted by molar-refractivity contribution is 5.82. The van der Waals surface area contributed by atoms with Gasteiger partial charge in [-0.15, -0.1) is 0 Å². The molecule has 3 nitrogen and oxygen atoms in total. The lowest BCUT2D eigenvalue weighted by Crippen LogP contribution is -2.01. The average molecular weight is 236 g/mol. The summed E-state index contributed by atoms with van der Waals surface area (Å²) in [6.45, 7) is 0. The lowest BCUT2D eigenvalue weighted by atomic mass is 9.99. The van der Waals surface area contributed by atoms with E-state index in [0.29, 0.717) is 0 Å². The second kappa shape index (κ2) is 4.55. The van der Waals surface area contributed by atoms with E-state index in [9.17, 15) is 5.11 Å². The molecular weight excluding hydrogens is 224 g/mol. The summed E-state index contributed by atoms with van der Waals surface area (Å²) in [6, 6.07) is 13.3. The van der Waals surface area contributed by atoms with Crippen LogP contribution < -0.4 is 0 Å². The van der Waals surface area contributed by atoms with Gasteiger partial charge in [-0.3, -0.25) is 9.97 Å². The number of aliphatic hydroxyl groups is 1. The lowest BCUT2D eigenvalue weighted by molar-refractivity contribution is 0.221. The minimum atomic E-state index is -0.674. The summed E-state index contributed by atoms with van der Waals surface area (Å²) in [4.78, 5) is 8.33. The maximum Gasteiger partial charge on any atom is 0.106 e. The molecule has 1 unspecified atom stereocenters. The van der Waals surface area contributed by atoms with E-state index in [1.807, 2.05) is 42.5 Å². The number of fused-ring (bicyclic) bond motifs is 1. The summed E-state index contributed by atoms with van der Waals surface area (Å²) in [6.07, 6.45) is 4.42. The van der Waals surface area contributed by atoms with Crippen molar-refractivity contribution in [2.75, 3.05) is 0 Å². The van der Waals surface area contributed by atoms with Crippen LogP contribution in [0.25, 0.3) is 10.9 Å². The Morgan fingerprint density at radius 1 is 0.944 bits per heavy atom. The van der Waals surface area contributed by atoms with Gasteiger partial charge >= 0.3 is 0 Å². The fraction of sp³-hybridized carbons (Fsp3) is 0.0667. The van der Waals surface area contributed by atoms with Crippen LogP contribution in [0.5, 0.6) is 0 Å². The van der Waals surface area contributed by atoms with Gasteiger partial charge < -0.3 is 5.11 Å². The number of rotatable bonds is 2. The van der Waals surface area contributed by atoms with E-state index in [4.69, 9.17) is 0 Å². The lowest BCUT2D eigenvalue weighted by Gasteiger charge is -2.13. The molecule has 3 aromatic rings. The molecule has 1 N–H and O–H groups in total. The summed E-state index contributed by atoms with van der Waals surface area (Å²) in [5.41, 5.74) is 2.53. The van der Waals surface area contributed by atoms with Crippen molar-refractivity contribution in [3.05, 3.63) is 72.2 Å². The second-order valence-corrected chi connectivity index (χ2v) is 4.11. The van der Waals surface area contributed by atoms with Crippen molar-refractivity contribution in [1.29, 1.82) is 0 Å². The van der Waals surface area contributed by atoms with Gasteiger partial charge in [-0.05, 0) is 23.8 Å². The third-order valence-electron chi connectivity index (χ3n) is 2.98. The minimum Gasteiger partial charge on any atom is -0.384 e. The standard InChI is InChI=1S/C15H12N2O/c18-15(11-4-3-8-16-10-11)13-7-9-17-14-6-2-1-5-12(13)14/h1-10,15,18H. The number of aliphatic hydroxyl groups excluding tert-OH is 1. The van der Waals surface area contributed by atoms with Crippen LogP contribution in [0.1, 0.15) is 17.2 Å². The maximum atomic E-state index is 10.4.